The van der Waals surface area contributed by atoms with E-state index in [9.17, 15) is 0 Å². The van der Waals surface area contributed by atoms with Crippen molar-refractivity contribution in [2.24, 2.45) is 0 Å². The first kappa shape index (κ1) is 15.6. The zero-order valence-corrected chi connectivity index (χ0v) is 14.4. The molecule has 118 valence electrons. The summed E-state index contributed by atoms with van der Waals surface area (Å²) in [6.07, 6.45) is 0. The Morgan fingerprint density at radius 2 is 1.70 bits per heavy atom. The summed E-state index contributed by atoms with van der Waals surface area (Å²) in [5.74, 6) is 1.41. The van der Waals surface area contributed by atoms with E-state index in [1.54, 1.807) is 0 Å². The molecule has 3 rings (SSSR count). The molecule has 23 heavy (non-hydrogen) atoms. The summed E-state index contributed by atoms with van der Waals surface area (Å²) >= 11 is 6.34. The number of hydrogen-bond acceptors (Lipinski definition) is 4. The van der Waals surface area contributed by atoms with E-state index < -0.39 is 0 Å². The smallest absolute Gasteiger partial charge is 0.229 e. The maximum Gasteiger partial charge on any atom is 0.229 e. The van der Waals surface area contributed by atoms with Gasteiger partial charge < -0.3 is 10.2 Å². The Hall–Kier alpha value is -2.33. The monoisotopic (exact) mass is 326 g/mol. The number of anilines is 3. The van der Waals surface area contributed by atoms with Gasteiger partial charge in [0.05, 0.1) is 16.2 Å². The summed E-state index contributed by atoms with van der Waals surface area (Å²) < 4.78 is 0. The topological polar surface area (TPSA) is 41.1 Å². The van der Waals surface area contributed by atoms with Gasteiger partial charge >= 0.3 is 0 Å². The zero-order valence-electron chi connectivity index (χ0n) is 13.7. The minimum Gasteiger partial charge on any atom is -0.362 e. The summed E-state index contributed by atoms with van der Waals surface area (Å²) in [6, 6.07) is 11.9. The van der Waals surface area contributed by atoms with E-state index in [0.29, 0.717) is 11.0 Å². The van der Waals surface area contributed by atoms with Crippen LogP contribution in [0.2, 0.25) is 5.02 Å². The molecule has 1 heterocycles. The molecule has 0 aliphatic carbocycles. The number of hydrogen-bond donors (Lipinski definition) is 1. The van der Waals surface area contributed by atoms with Crippen molar-refractivity contribution in [3.8, 4) is 0 Å². The minimum atomic E-state index is 0.539. The summed E-state index contributed by atoms with van der Waals surface area (Å²) in [5.41, 5.74) is 4.04. The second-order valence-corrected chi connectivity index (χ2v) is 6.23. The quantitative estimate of drug-likeness (QED) is 0.756. The predicted octanol–water partition coefficient (Wildman–Crippen LogP) is 4.71. The van der Waals surface area contributed by atoms with Crippen molar-refractivity contribution < 1.29 is 0 Å². The average molecular weight is 327 g/mol. The van der Waals surface area contributed by atoms with Gasteiger partial charge in [0.1, 0.15) is 5.82 Å². The first-order valence-electron chi connectivity index (χ1n) is 7.43. The Bertz CT molecular complexity index is 874. The van der Waals surface area contributed by atoms with Crippen LogP contribution in [0.1, 0.15) is 11.1 Å². The molecule has 1 N–H and O–H groups in total. The van der Waals surface area contributed by atoms with Crippen molar-refractivity contribution >= 4 is 40.0 Å². The second kappa shape index (κ2) is 6.05. The molecule has 5 heteroatoms. The Morgan fingerprint density at radius 1 is 1.00 bits per heavy atom. The third kappa shape index (κ3) is 3.08. The molecular formula is C18H19ClN4. The van der Waals surface area contributed by atoms with Crippen LogP contribution in [0.15, 0.2) is 36.4 Å². The third-order valence-electron chi connectivity index (χ3n) is 3.84. The molecule has 0 bridgehead atoms. The van der Waals surface area contributed by atoms with Crippen LogP contribution in [0.5, 0.6) is 0 Å². The standard InChI is InChI=1S/C18H19ClN4/c1-11-9-14(19)16(10-12(11)2)21-18-20-15-8-6-5-7-13(15)17(22-18)23(3)4/h5-10H,1-4H3,(H,20,21,22). The highest BCUT2D eigenvalue weighted by Crippen LogP contribution is 2.29. The molecule has 0 radical (unpaired) electrons. The number of para-hydroxylation sites is 1. The van der Waals surface area contributed by atoms with Gasteiger partial charge in [-0.15, -0.1) is 0 Å². The Morgan fingerprint density at radius 3 is 2.43 bits per heavy atom. The highest BCUT2D eigenvalue weighted by molar-refractivity contribution is 6.33. The van der Waals surface area contributed by atoms with Gasteiger partial charge in [-0.05, 0) is 49.2 Å². The van der Waals surface area contributed by atoms with E-state index in [0.717, 1.165) is 28.0 Å². The van der Waals surface area contributed by atoms with Crippen molar-refractivity contribution in [2.75, 3.05) is 24.3 Å². The fourth-order valence-corrected chi connectivity index (χ4v) is 2.72. The van der Waals surface area contributed by atoms with Gasteiger partial charge in [-0.25, -0.2) is 4.98 Å². The van der Waals surface area contributed by atoms with Crippen LogP contribution in [0.4, 0.5) is 17.5 Å². The summed E-state index contributed by atoms with van der Waals surface area (Å²) in [6.45, 7) is 4.10. The highest BCUT2D eigenvalue weighted by atomic mass is 35.5. The molecular weight excluding hydrogens is 308 g/mol. The van der Waals surface area contributed by atoms with Gasteiger partial charge in [-0.1, -0.05) is 23.7 Å². The van der Waals surface area contributed by atoms with Crippen molar-refractivity contribution in [3.63, 3.8) is 0 Å². The van der Waals surface area contributed by atoms with E-state index in [4.69, 9.17) is 11.6 Å². The molecule has 0 atom stereocenters. The average Bonchev–Trinajstić information content (AvgIpc) is 2.51. The summed E-state index contributed by atoms with van der Waals surface area (Å²) in [4.78, 5) is 11.2. The van der Waals surface area contributed by atoms with Crippen LogP contribution in [0, 0.1) is 13.8 Å². The van der Waals surface area contributed by atoms with Gasteiger partial charge in [-0.3, -0.25) is 0 Å². The lowest BCUT2D eigenvalue weighted by Gasteiger charge is -2.16. The molecule has 0 spiro atoms. The van der Waals surface area contributed by atoms with Crippen LogP contribution < -0.4 is 10.2 Å². The number of nitrogens with one attached hydrogen (secondary N) is 1. The van der Waals surface area contributed by atoms with Gasteiger partial charge in [0.25, 0.3) is 0 Å². The van der Waals surface area contributed by atoms with Gasteiger partial charge in [0.15, 0.2) is 0 Å². The van der Waals surface area contributed by atoms with Crippen LogP contribution >= 0.6 is 11.6 Å². The Kier molecular flexibility index (Phi) is 4.09. The number of fused-ring (bicyclic) bond motifs is 1. The fraction of sp³-hybridized carbons (Fsp3) is 0.222. The van der Waals surface area contributed by atoms with E-state index in [1.165, 1.54) is 5.56 Å². The number of halogens is 1. The molecule has 0 saturated heterocycles. The molecule has 1 aromatic heterocycles. The van der Waals surface area contributed by atoms with Crippen molar-refractivity contribution in [2.45, 2.75) is 13.8 Å². The van der Waals surface area contributed by atoms with E-state index >= 15 is 0 Å². The molecule has 0 unspecified atom stereocenters. The number of rotatable bonds is 3. The van der Waals surface area contributed by atoms with E-state index in [2.05, 4.69) is 22.2 Å². The second-order valence-electron chi connectivity index (χ2n) is 5.82. The SMILES string of the molecule is Cc1cc(Cl)c(Nc2nc(N(C)C)c3ccccc3n2)cc1C. The predicted molar refractivity (Wildman–Crippen MR) is 98.1 cm³/mol. The molecule has 0 aliphatic rings. The Labute approximate surface area is 141 Å². The Balaban J connectivity index is 2.09. The maximum absolute atomic E-state index is 6.34. The maximum atomic E-state index is 6.34. The fourth-order valence-electron chi connectivity index (χ4n) is 2.45. The van der Waals surface area contributed by atoms with Gasteiger partial charge in [-0.2, -0.15) is 4.98 Å². The molecule has 3 aromatic rings. The normalized spacial score (nSPS) is 10.8. The summed E-state index contributed by atoms with van der Waals surface area (Å²) in [7, 11) is 3.95. The zero-order chi connectivity index (χ0) is 16.6. The van der Waals surface area contributed by atoms with Crippen molar-refractivity contribution in [1.82, 2.24) is 9.97 Å². The first-order valence-corrected chi connectivity index (χ1v) is 7.81. The van der Waals surface area contributed by atoms with Crippen molar-refractivity contribution in [1.29, 1.82) is 0 Å². The molecule has 0 amide bonds. The largest absolute Gasteiger partial charge is 0.362 e. The van der Waals surface area contributed by atoms with Crippen molar-refractivity contribution in [3.05, 3.63) is 52.5 Å². The minimum absolute atomic E-state index is 0.539. The number of nitrogens with zero attached hydrogens (tertiary/aromatic N) is 3. The van der Waals surface area contributed by atoms with E-state index in [-0.39, 0.29) is 0 Å². The molecule has 0 saturated carbocycles. The van der Waals surface area contributed by atoms with Gasteiger partial charge in [0, 0.05) is 19.5 Å². The lowest BCUT2D eigenvalue weighted by molar-refractivity contribution is 1.06. The lowest BCUT2D eigenvalue weighted by atomic mass is 10.1. The number of aryl methyl sites for hydroxylation is 2. The number of aromatic nitrogens is 2. The van der Waals surface area contributed by atoms with Crippen LogP contribution in [0.3, 0.4) is 0 Å². The molecule has 2 aromatic carbocycles. The number of benzene rings is 2. The highest BCUT2D eigenvalue weighted by Gasteiger charge is 2.11. The molecule has 0 fully saturated rings. The first-order chi connectivity index (χ1) is 11.0. The van der Waals surface area contributed by atoms with Crippen LogP contribution in [-0.4, -0.2) is 24.1 Å². The van der Waals surface area contributed by atoms with Crippen LogP contribution in [0.25, 0.3) is 10.9 Å². The van der Waals surface area contributed by atoms with Crippen LogP contribution in [-0.2, 0) is 0 Å². The molecule has 0 aliphatic heterocycles. The summed E-state index contributed by atoms with van der Waals surface area (Å²) in [5, 5.41) is 4.93. The van der Waals surface area contributed by atoms with E-state index in [1.807, 2.05) is 62.3 Å². The third-order valence-corrected chi connectivity index (χ3v) is 4.15. The molecule has 4 nitrogen and oxygen atoms in total. The van der Waals surface area contributed by atoms with Gasteiger partial charge in [0.2, 0.25) is 5.95 Å². The lowest BCUT2D eigenvalue weighted by Crippen LogP contribution is -2.13.